The van der Waals surface area contributed by atoms with E-state index >= 15 is 0 Å². The van der Waals surface area contributed by atoms with Gasteiger partial charge in [-0.2, -0.15) is 0 Å². The van der Waals surface area contributed by atoms with E-state index < -0.39 is 11.6 Å². The predicted octanol–water partition coefficient (Wildman–Crippen LogP) is 3.98. The van der Waals surface area contributed by atoms with Crippen molar-refractivity contribution in [2.45, 2.75) is 6.54 Å². The number of hydrogen-bond acceptors (Lipinski definition) is 2. The Balaban J connectivity index is 2.37. The van der Waals surface area contributed by atoms with Crippen molar-refractivity contribution in [3.05, 3.63) is 58.1 Å². The molecule has 94 valence electrons. The van der Waals surface area contributed by atoms with Crippen LogP contribution in [0, 0.1) is 11.6 Å². The third kappa shape index (κ3) is 2.68. The zero-order chi connectivity index (χ0) is 13.1. The van der Waals surface area contributed by atoms with Crippen LogP contribution in [-0.4, -0.2) is 0 Å². The Bertz CT molecular complexity index is 575. The van der Waals surface area contributed by atoms with E-state index in [0.29, 0.717) is 5.75 Å². The van der Waals surface area contributed by atoms with Gasteiger partial charge in [0, 0.05) is 22.6 Å². The lowest BCUT2D eigenvalue weighted by molar-refractivity contribution is 0.433. The fourth-order valence-corrected chi connectivity index (χ4v) is 2.02. The lowest BCUT2D eigenvalue weighted by atomic mass is 10.2. The molecular formula is C13H10BrF2NO. The number of nitrogens with two attached hydrogens (primary N) is 1. The molecule has 0 aliphatic rings. The number of rotatable bonds is 3. The van der Waals surface area contributed by atoms with Gasteiger partial charge in [0.1, 0.15) is 11.6 Å². The Morgan fingerprint density at radius 3 is 2.56 bits per heavy atom. The van der Waals surface area contributed by atoms with Crippen molar-refractivity contribution in [1.29, 1.82) is 0 Å². The van der Waals surface area contributed by atoms with E-state index in [0.717, 1.165) is 22.2 Å². The molecule has 0 aliphatic carbocycles. The van der Waals surface area contributed by atoms with E-state index in [1.165, 1.54) is 6.07 Å². The second kappa shape index (κ2) is 5.46. The topological polar surface area (TPSA) is 35.2 Å². The van der Waals surface area contributed by atoms with Gasteiger partial charge in [-0.3, -0.25) is 0 Å². The van der Waals surface area contributed by atoms with Gasteiger partial charge in [-0.05, 0) is 24.3 Å². The Hall–Kier alpha value is -1.46. The van der Waals surface area contributed by atoms with Gasteiger partial charge in [0.25, 0.3) is 0 Å². The van der Waals surface area contributed by atoms with Crippen molar-refractivity contribution >= 4 is 15.9 Å². The van der Waals surface area contributed by atoms with Gasteiger partial charge in [-0.25, -0.2) is 8.78 Å². The summed E-state index contributed by atoms with van der Waals surface area (Å²) in [5, 5.41) is 0. The number of halogens is 3. The summed E-state index contributed by atoms with van der Waals surface area (Å²) < 4.78 is 32.4. The molecule has 0 aliphatic heterocycles. The van der Waals surface area contributed by atoms with Crippen molar-refractivity contribution in [2.75, 3.05) is 0 Å². The van der Waals surface area contributed by atoms with Crippen molar-refractivity contribution in [1.82, 2.24) is 0 Å². The summed E-state index contributed by atoms with van der Waals surface area (Å²) in [4.78, 5) is 0. The maximum atomic E-state index is 13.5. The molecule has 18 heavy (non-hydrogen) atoms. The van der Waals surface area contributed by atoms with E-state index in [1.807, 2.05) is 6.07 Å². The Kier molecular flexibility index (Phi) is 3.93. The minimum absolute atomic E-state index is 0.0378. The Morgan fingerprint density at radius 2 is 1.89 bits per heavy atom. The van der Waals surface area contributed by atoms with Crippen LogP contribution in [0.1, 0.15) is 5.56 Å². The predicted molar refractivity (Wildman–Crippen MR) is 68.5 cm³/mol. The average Bonchev–Trinajstić information content (AvgIpc) is 2.33. The Morgan fingerprint density at radius 1 is 1.11 bits per heavy atom. The minimum Gasteiger partial charge on any atom is -0.454 e. The fourth-order valence-electron chi connectivity index (χ4n) is 1.51. The first kappa shape index (κ1) is 13.0. The number of hydrogen-bond donors (Lipinski definition) is 1. The molecule has 2 rings (SSSR count). The molecule has 2 aromatic carbocycles. The molecule has 5 heteroatoms. The van der Waals surface area contributed by atoms with Gasteiger partial charge in [-0.15, -0.1) is 0 Å². The monoisotopic (exact) mass is 313 g/mol. The molecule has 0 atom stereocenters. The average molecular weight is 314 g/mol. The molecule has 0 spiro atoms. The van der Waals surface area contributed by atoms with Gasteiger partial charge < -0.3 is 10.5 Å². The second-order valence-electron chi connectivity index (χ2n) is 3.60. The first-order valence-electron chi connectivity index (χ1n) is 5.22. The van der Waals surface area contributed by atoms with Crippen LogP contribution in [-0.2, 0) is 6.54 Å². The molecule has 0 radical (unpaired) electrons. The van der Waals surface area contributed by atoms with Gasteiger partial charge >= 0.3 is 0 Å². The van der Waals surface area contributed by atoms with Crippen molar-refractivity contribution < 1.29 is 13.5 Å². The zero-order valence-corrected chi connectivity index (χ0v) is 10.9. The largest absolute Gasteiger partial charge is 0.454 e. The molecular weight excluding hydrogens is 304 g/mol. The molecule has 0 heterocycles. The minimum atomic E-state index is -0.752. The van der Waals surface area contributed by atoms with Crippen LogP contribution >= 0.6 is 15.9 Å². The SMILES string of the molecule is NCc1c(Br)cccc1Oc1ccc(F)cc1F. The van der Waals surface area contributed by atoms with Crippen molar-refractivity contribution in [2.24, 2.45) is 5.73 Å². The van der Waals surface area contributed by atoms with E-state index in [9.17, 15) is 8.78 Å². The zero-order valence-electron chi connectivity index (χ0n) is 9.29. The molecule has 0 saturated carbocycles. The van der Waals surface area contributed by atoms with Crippen LogP contribution in [0.2, 0.25) is 0 Å². The van der Waals surface area contributed by atoms with E-state index in [1.54, 1.807) is 12.1 Å². The van der Waals surface area contributed by atoms with E-state index in [4.69, 9.17) is 10.5 Å². The normalized spacial score (nSPS) is 10.4. The molecule has 0 unspecified atom stereocenters. The van der Waals surface area contributed by atoms with Crippen LogP contribution in [0.15, 0.2) is 40.9 Å². The van der Waals surface area contributed by atoms with Gasteiger partial charge in [0.15, 0.2) is 11.6 Å². The molecule has 2 N–H and O–H groups in total. The summed E-state index contributed by atoms with van der Waals surface area (Å²) in [6, 6.07) is 8.39. The van der Waals surface area contributed by atoms with Gasteiger partial charge in [0.2, 0.25) is 0 Å². The lowest BCUT2D eigenvalue weighted by Gasteiger charge is -2.11. The molecule has 2 nitrogen and oxygen atoms in total. The highest BCUT2D eigenvalue weighted by Gasteiger charge is 2.10. The first-order valence-corrected chi connectivity index (χ1v) is 6.01. The summed E-state index contributed by atoms with van der Waals surface area (Å²) in [6.45, 7) is 0.250. The third-order valence-corrected chi connectivity index (χ3v) is 3.14. The molecule has 0 aromatic heterocycles. The highest BCUT2D eigenvalue weighted by atomic mass is 79.9. The summed E-state index contributed by atoms with van der Waals surface area (Å²) >= 11 is 3.34. The first-order chi connectivity index (χ1) is 8.61. The summed E-state index contributed by atoms with van der Waals surface area (Å²) in [7, 11) is 0. The molecule has 0 bridgehead atoms. The molecule has 0 amide bonds. The fraction of sp³-hybridized carbons (Fsp3) is 0.0769. The van der Waals surface area contributed by atoms with Gasteiger partial charge in [-0.1, -0.05) is 22.0 Å². The molecule has 2 aromatic rings. The van der Waals surface area contributed by atoms with Crippen LogP contribution < -0.4 is 10.5 Å². The maximum Gasteiger partial charge on any atom is 0.168 e. The number of ether oxygens (including phenoxy) is 1. The van der Waals surface area contributed by atoms with Crippen LogP contribution in [0.5, 0.6) is 11.5 Å². The van der Waals surface area contributed by atoms with Crippen molar-refractivity contribution in [3.63, 3.8) is 0 Å². The summed E-state index contributed by atoms with van der Waals surface area (Å²) in [5.74, 6) is -0.993. The van der Waals surface area contributed by atoms with Gasteiger partial charge in [0.05, 0.1) is 0 Å². The van der Waals surface area contributed by atoms with Crippen LogP contribution in [0.25, 0.3) is 0 Å². The second-order valence-corrected chi connectivity index (χ2v) is 4.45. The summed E-state index contributed by atoms with van der Waals surface area (Å²) in [5.41, 5.74) is 6.33. The van der Waals surface area contributed by atoms with Crippen molar-refractivity contribution in [3.8, 4) is 11.5 Å². The standard InChI is InChI=1S/C13H10BrF2NO/c14-10-2-1-3-12(9(10)7-17)18-13-5-4-8(15)6-11(13)16/h1-6H,7,17H2. The smallest absolute Gasteiger partial charge is 0.168 e. The summed E-state index contributed by atoms with van der Waals surface area (Å²) in [6.07, 6.45) is 0. The molecule has 0 fully saturated rings. The quantitative estimate of drug-likeness (QED) is 0.930. The molecule has 0 saturated heterocycles. The Labute approximate surface area is 112 Å². The number of benzene rings is 2. The third-order valence-electron chi connectivity index (χ3n) is 2.39. The van der Waals surface area contributed by atoms with Crippen LogP contribution in [0.4, 0.5) is 8.78 Å². The van der Waals surface area contributed by atoms with E-state index in [2.05, 4.69) is 15.9 Å². The van der Waals surface area contributed by atoms with Crippen LogP contribution in [0.3, 0.4) is 0 Å². The lowest BCUT2D eigenvalue weighted by Crippen LogP contribution is -2.01. The highest BCUT2D eigenvalue weighted by Crippen LogP contribution is 2.31. The maximum absolute atomic E-state index is 13.5. The highest BCUT2D eigenvalue weighted by molar-refractivity contribution is 9.10. The van der Waals surface area contributed by atoms with E-state index in [-0.39, 0.29) is 12.3 Å².